The van der Waals surface area contributed by atoms with Gasteiger partial charge in [-0.25, -0.2) is 9.37 Å². The Bertz CT molecular complexity index is 1140. The van der Waals surface area contributed by atoms with Crippen LogP contribution >= 0.6 is 11.6 Å². The van der Waals surface area contributed by atoms with Crippen LogP contribution in [0.3, 0.4) is 0 Å². The molecular weight excluding hydrogens is 487 g/mol. The van der Waals surface area contributed by atoms with Crippen molar-refractivity contribution < 1.29 is 23.8 Å². The minimum Gasteiger partial charge on any atom is -0.392 e. The van der Waals surface area contributed by atoms with Gasteiger partial charge in [-0.2, -0.15) is 0 Å². The van der Waals surface area contributed by atoms with Crippen molar-refractivity contribution in [3.8, 4) is 0 Å². The second-order valence-corrected chi connectivity index (χ2v) is 9.26. The van der Waals surface area contributed by atoms with Crippen LogP contribution < -0.4 is 5.32 Å². The van der Waals surface area contributed by atoms with Crippen LogP contribution in [0.1, 0.15) is 16.7 Å². The number of amides is 1. The van der Waals surface area contributed by atoms with E-state index in [2.05, 4.69) is 16.9 Å². The highest BCUT2D eigenvalue weighted by molar-refractivity contribution is 6.32. The molecule has 2 aromatic rings. The van der Waals surface area contributed by atoms with E-state index in [4.69, 9.17) is 21.1 Å². The number of hydrogen-bond donors (Lipinski definition) is 2. The van der Waals surface area contributed by atoms with Crippen LogP contribution in [-0.4, -0.2) is 77.9 Å². The molecule has 192 valence electrons. The Labute approximate surface area is 215 Å². The molecule has 1 aromatic carbocycles. The summed E-state index contributed by atoms with van der Waals surface area (Å²) in [6.45, 7) is 6.07. The Balaban J connectivity index is 1.55. The number of rotatable bonds is 10. The zero-order valence-corrected chi connectivity index (χ0v) is 20.9. The van der Waals surface area contributed by atoms with Gasteiger partial charge in [0.15, 0.2) is 0 Å². The average Bonchev–Trinajstić information content (AvgIpc) is 2.83. The van der Waals surface area contributed by atoms with Crippen molar-refractivity contribution in [1.29, 1.82) is 0 Å². The van der Waals surface area contributed by atoms with Gasteiger partial charge in [0.2, 0.25) is 5.91 Å². The molecule has 4 rings (SSSR count). The highest BCUT2D eigenvalue weighted by atomic mass is 35.5. The molecule has 2 N–H and O–H groups in total. The van der Waals surface area contributed by atoms with Gasteiger partial charge >= 0.3 is 0 Å². The standard InChI is InChI=1S/C26H30ClFN4O4/c1-3-17(23-7-25(29-8-24(23)27)30-21-14-36-15-21)9-31-11-22(16-35-2)32(26(34)12-31)10-19-6-20(28)5-4-18(19)13-33/h3-9,21-22,33H,1,10-16H2,2H3,(H,29,30)/b17-9+. The van der Waals surface area contributed by atoms with Gasteiger partial charge in [0, 0.05) is 38.2 Å². The van der Waals surface area contributed by atoms with Crippen LogP contribution in [0.4, 0.5) is 10.2 Å². The number of carbonyl (C=O) groups is 1. The van der Waals surface area contributed by atoms with E-state index in [1.54, 1.807) is 24.3 Å². The Kier molecular flexibility index (Phi) is 8.58. The summed E-state index contributed by atoms with van der Waals surface area (Å²) in [5, 5.41) is 13.4. The fourth-order valence-electron chi connectivity index (χ4n) is 4.33. The molecule has 1 atom stereocenters. The lowest BCUT2D eigenvalue weighted by molar-refractivity contribution is -0.141. The molecule has 2 aliphatic heterocycles. The Hall–Kier alpha value is -2.98. The number of aromatic nitrogens is 1. The lowest BCUT2D eigenvalue weighted by atomic mass is 10.0. The number of hydrogen-bond acceptors (Lipinski definition) is 7. The summed E-state index contributed by atoms with van der Waals surface area (Å²) < 4.78 is 24.5. The summed E-state index contributed by atoms with van der Waals surface area (Å²) >= 11 is 6.47. The van der Waals surface area contributed by atoms with E-state index in [0.717, 1.165) is 11.1 Å². The number of ether oxygens (including phenoxy) is 2. The predicted octanol–water partition coefficient (Wildman–Crippen LogP) is 3.06. The lowest BCUT2D eigenvalue weighted by Crippen LogP contribution is -2.56. The van der Waals surface area contributed by atoms with Crippen molar-refractivity contribution in [2.24, 2.45) is 0 Å². The van der Waals surface area contributed by atoms with Crippen molar-refractivity contribution in [3.05, 3.63) is 76.8 Å². The largest absolute Gasteiger partial charge is 0.392 e. The smallest absolute Gasteiger partial charge is 0.242 e. The van der Waals surface area contributed by atoms with Gasteiger partial charge in [0.25, 0.3) is 0 Å². The molecule has 2 fully saturated rings. The van der Waals surface area contributed by atoms with E-state index < -0.39 is 5.82 Å². The van der Waals surface area contributed by atoms with E-state index >= 15 is 0 Å². The van der Waals surface area contributed by atoms with E-state index in [1.807, 2.05) is 17.2 Å². The first kappa shape index (κ1) is 26.1. The number of halogens is 2. The highest BCUT2D eigenvalue weighted by Gasteiger charge is 2.32. The number of aliphatic hydroxyl groups excluding tert-OH is 1. The van der Waals surface area contributed by atoms with Gasteiger partial charge in [-0.3, -0.25) is 4.79 Å². The lowest BCUT2D eigenvalue weighted by Gasteiger charge is -2.41. The molecule has 3 heterocycles. The molecule has 10 heteroatoms. The summed E-state index contributed by atoms with van der Waals surface area (Å²) in [5.74, 6) is 0.135. The van der Waals surface area contributed by atoms with Crippen LogP contribution in [0.15, 0.2) is 49.3 Å². The topological polar surface area (TPSA) is 87.2 Å². The minimum absolute atomic E-state index is 0.120. The number of nitrogens with zero attached hydrogens (tertiary/aromatic N) is 3. The molecule has 36 heavy (non-hydrogen) atoms. The van der Waals surface area contributed by atoms with E-state index in [9.17, 15) is 14.3 Å². The molecule has 0 spiro atoms. The maximum atomic E-state index is 13.9. The van der Waals surface area contributed by atoms with Gasteiger partial charge in [-0.15, -0.1) is 0 Å². The zero-order chi connectivity index (χ0) is 25.7. The molecule has 2 saturated heterocycles. The monoisotopic (exact) mass is 516 g/mol. The Morgan fingerprint density at radius 2 is 2.19 bits per heavy atom. The van der Waals surface area contributed by atoms with Gasteiger partial charge < -0.3 is 29.7 Å². The summed E-state index contributed by atoms with van der Waals surface area (Å²) in [6, 6.07) is 5.99. The van der Waals surface area contributed by atoms with E-state index in [1.165, 1.54) is 18.2 Å². The van der Waals surface area contributed by atoms with Crippen LogP contribution in [0.5, 0.6) is 0 Å². The summed E-state index contributed by atoms with van der Waals surface area (Å²) in [6.07, 6.45) is 5.15. The molecule has 1 amide bonds. The van der Waals surface area contributed by atoms with E-state index in [0.29, 0.717) is 48.3 Å². The van der Waals surface area contributed by atoms with Gasteiger partial charge in [0.05, 0.1) is 50.1 Å². The molecule has 1 unspecified atom stereocenters. The third-order valence-electron chi connectivity index (χ3n) is 6.28. The maximum Gasteiger partial charge on any atom is 0.242 e. The molecule has 2 aliphatic rings. The second kappa shape index (κ2) is 11.8. The van der Waals surface area contributed by atoms with E-state index in [-0.39, 0.29) is 37.7 Å². The Morgan fingerprint density at radius 1 is 1.39 bits per heavy atom. The third kappa shape index (κ3) is 6.04. The Morgan fingerprint density at radius 3 is 2.86 bits per heavy atom. The first-order valence-electron chi connectivity index (χ1n) is 11.7. The number of benzene rings is 1. The second-order valence-electron chi connectivity index (χ2n) is 8.85. The zero-order valence-electron chi connectivity index (χ0n) is 20.1. The first-order chi connectivity index (χ1) is 17.4. The van der Waals surface area contributed by atoms with Gasteiger partial charge in [-0.1, -0.05) is 30.3 Å². The highest BCUT2D eigenvalue weighted by Crippen LogP contribution is 2.28. The normalized spacial score (nSPS) is 18.8. The molecule has 0 bridgehead atoms. The number of pyridine rings is 1. The molecule has 1 aromatic heterocycles. The van der Waals surface area contributed by atoms with Crippen LogP contribution in [0.2, 0.25) is 5.02 Å². The molecular formula is C26H30ClFN4O4. The number of carbonyl (C=O) groups excluding carboxylic acids is 1. The van der Waals surface area contributed by atoms with Crippen LogP contribution in [0, 0.1) is 5.82 Å². The fraction of sp³-hybridized carbons (Fsp3) is 0.385. The molecule has 8 nitrogen and oxygen atoms in total. The number of methoxy groups -OCH3 is 1. The third-order valence-corrected chi connectivity index (χ3v) is 6.58. The van der Waals surface area contributed by atoms with Crippen molar-refractivity contribution in [3.63, 3.8) is 0 Å². The number of nitrogens with one attached hydrogen (secondary N) is 1. The molecule has 0 radical (unpaired) electrons. The number of allylic oxidation sites excluding steroid dienone is 2. The van der Waals surface area contributed by atoms with Crippen LogP contribution in [0.25, 0.3) is 5.57 Å². The first-order valence-corrected chi connectivity index (χ1v) is 12.0. The maximum absolute atomic E-state index is 13.9. The average molecular weight is 517 g/mol. The number of aliphatic hydroxyl groups is 1. The predicted molar refractivity (Wildman–Crippen MR) is 136 cm³/mol. The molecule has 0 aliphatic carbocycles. The summed E-state index contributed by atoms with van der Waals surface area (Å²) in [7, 11) is 1.58. The van der Waals surface area contributed by atoms with Crippen molar-refractivity contribution >= 4 is 28.9 Å². The molecule has 0 saturated carbocycles. The fourth-order valence-corrected chi connectivity index (χ4v) is 4.54. The summed E-state index contributed by atoms with van der Waals surface area (Å²) in [5.41, 5.74) is 2.65. The van der Waals surface area contributed by atoms with Gasteiger partial charge in [0.1, 0.15) is 11.6 Å². The van der Waals surface area contributed by atoms with Crippen molar-refractivity contribution in [2.45, 2.75) is 25.2 Å². The SMILES string of the molecule is C=C/C(=C\N1CC(=O)N(Cc2cc(F)ccc2CO)C(COC)C1)c1cc(NC2COC2)ncc1Cl. The summed E-state index contributed by atoms with van der Waals surface area (Å²) in [4.78, 5) is 21.2. The number of piperazine rings is 1. The number of anilines is 1. The van der Waals surface area contributed by atoms with Crippen molar-refractivity contribution in [1.82, 2.24) is 14.8 Å². The van der Waals surface area contributed by atoms with Gasteiger partial charge in [-0.05, 0) is 34.9 Å². The quantitative estimate of drug-likeness (QED) is 0.469. The van der Waals surface area contributed by atoms with Crippen molar-refractivity contribution in [2.75, 3.05) is 45.3 Å². The van der Waals surface area contributed by atoms with Crippen LogP contribution in [-0.2, 0) is 27.4 Å². The minimum atomic E-state index is -0.414.